The number of carbonyl (C=O) groups excluding carboxylic acids is 1. The molecule has 2 aliphatic carbocycles. The molecule has 0 saturated carbocycles. The predicted molar refractivity (Wildman–Crippen MR) is 55.7 cm³/mol. The summed E-state index contributed by atoms with van der Waals surface area (Å²) in [5.41, 5.74) is 3.66. The summed E-state index contributed by atoms with van der Waals surface area (Å²) < 4.78 is 0. The van der Waals surface area contributed by atoms with Crippen molar-refractivity contribution in [3.8, 4) is 0 Å². The summed E-state index contributed by atoms with van der Waals surface area (Å²) in [5, 5.41) is 0. The van der Waals surface area contributed by atoms with Crippen LogP contribution in [0, 0.1) is 0 Å². The first kappa shape index (κ1) is 7.98. The van der Waals surface area contributed by atoms with E-state index in [2.05, 4.69) is 24.3 Å². The van der Waals surface area contributed by atoms with Crippen molar-refractivity contribution in [1.82, 2.24) is 0 Å². The molecule has 70 valence electrons. The summed E-state index contributed by atoms with van der Waals surface area (Å²) in [6, 6.07) is 6.15. The number of rotatable bonds is 1. The number of fused-ring (bicyclic) bond motifs is 5. The topological polar surface area (TPSA) is 17.1 Å². The highest BCUT2D eigenvalue weighted by Crippen LogP contribution is 2.48. The van der Waals surface area contributed by atoms with E-state index in [0.717, 1.165) is 5.56 Å². The smallest absolute Gasteiger partial charge is 0.159 e. The molecule has 1 aromatic carbocycles. The minimum atomic E-state index is 0.166. The lowest BCUT2D eigenvalue weighted by atomic mass is 9.94. The van der Waals surface area contributed by atoms with Gasteiger partial charge in [0, 0.05) is 17.4 Å². The van der Waals surface area contributed by atoms with Crippen LogP contribution in [0.2, 0.25) is 0 Å². The number of benzene rings is 1. The Balaban J connectivity index is 2.15. The Morgan fingerprint density at radius 1 is 1.21 bits per heavy atom. The lowest BCUT2D eigenvalue weighted by Gasteiger charge is -2.10. The molecule has 14 heavy (non-hydrogen) atoms. The Hall–Kier alpha value is -1.37. The van der Waals surface area contributed by atoms with Crippen molar-refractivity contribution in [3.05, 3.63) is 47.0 Å². The van der Waals surface area contributed by atoms with Gasteiger partial charge >= 0.3 is 0 Å². The number of carbonyl (C=O) groups is 1. The van der Waals surface area contributed by atoms with Gasteiger partial charge in [0.15, 0.2) is 5.78 Å². The van der Waals surface area contributed by atoms with E-state index in [1.807, 2.05) is 6.07 Å². The van der Waals surface area contributed by atoms with Crippen molar-refractivity contribution in [2.24, 2.45) is 0 Å². The first-order valence-corrected chi connectivity index (χ1v) is 5.09. The van der Waals surface area contributed by atoms with Gasteiger partial charge in [-0.2, -0.15) is 0 Å². The van der Waals surface area contributed by atoms with Gasteiger partial charge in [-0.3, -0.25) is 4.79 Å². The van der Waals surface area contributed by atoms with Crippen LogP contribution >= 0.6 is 0 Å². The Morgan fingerprint density at radius 3 is 2.64 bits per heavy atom. The Morgan fingerprint density at radius 2 is 1.93 bits per heavy atom. The molecule has 2 aliphatic rings. The van der Waals surface area contributed by atoms with Gasteiger partial charge in [-0.1, -0.05) is 24.3 Å². The highest BCUT2D eigenvalue weighted by atomic mass is 16.1. The number of hydrogen-bond donors (Lipinski definition) is 0. The fourth-order valence-corrected chi connectivity index (χ4v) is 2.61. The molecule has 0 N–H and O–H groups in total. The van der Waals surface area contributed by atoms with E-state index >= 15 is 0 Å². The van der Waals surface area contributed by atoms with E-state index in [4.69, 9.17) is 0 Å². The van der Waals surface area contributed by atoms with Crippen molar-refractivity contribution in [2.75, 3.05) is 0 Å². The van der Waals surface area contributed by atoms with Gasteiger partial charge in [0.2, 0.25) is 0 Å². The Kier molecular flexibility index (Phi) is 1.46. The van der Waals surface area contributed by atoms with Crippen molar-refractivity contribution >= 4 is 5.78 Å². The van der Waals surface area contributed by atoms with E-state index in [0.29, 0.717) is 11.8 Å². The first-order chi connectivity index (χ1) is 6.75. The summed E-state index contributed by atoms with van der Waals surface area (Å²) in [6.45, 7) is 1.63. The third-order valence-corrected chi connectivity index (χ3v) is 3.38. The van der Waals surface area contributed by atoms with Crippen LogP contribution in [0.3, 0.4) is 0 Å². The van der Waals surface area contributed by atoms with Crippen LogP contribution < -0.4 is 0 Å². The zero-order chi connectivity index (χ0) is 9.71. The third-order valence-electron chi connectivity index (χ3n) is 3.38. The molecule has 0 aliphatic heterocycles. The van der Waals surface area contributed by atoms with Gasteiger partial charge in [0.25, 0.3) is 0 Å². The fraction of sp³-hybridized carbons (Fsp3) is 0.308. The highest BCUT2D eigenvalue weighted by Gasteiger charge is 2.32. The Labute approximate surface area is 83.4 Å². The maximum absolute atomic E-state index is 11.2. The molecule has 0 amide bonds. The summed E-state index contributed by atoms with van der Waals surface area (Å²) in [6.07, 6.45) is 5.79. The van der Waals surface area contributed by atoms with Gasteiger partial charge in [0.05, 0.1) is 0 Å². The molecule has 0 heterocycles. The monoisotopic (exact) mass is 184 g/mol. The third kappa shape index (κ3) is 0.926. The summed E-state index contributed by atoms with van der Waals surface area (Å²) in [7, 11) is 0. The normalized spacial score (nSPS) is 26.6. The van der Waals surface area contributed by atoms with Crippen LogP contribution in [-0.2, 0) is 0 Å². The number of Topliss-reactive ketones (excluding diaryl/α,β-unsaturated/α-hetero) is 1. The molecule has 1 heteroatoms. The lowest BCUT2D eigenvalue weighted by Crippen LogP contribution is -1.98. The van der Waals surface area contributed by atoms with Gasteiger partial charge in [-0.15, -0.1) is 0 Å². The molecular weight excluding hydrogens is 172 g/mol. The van der Waals surface area contributed by atoms with Gasteiger partial charge in [-0.05, 0) is 30.5 Å². The van der Waals surface area contributed by atoms with E-state index in [1.165, 1.54) is 17.5 Å². The second-order valence-electron chi connectivity index (χ2n) is 4.23. The SMILES string of the molecule is CC(=O)c1ccc2c(c1)[C@@H]1C=C[C@H]2C1. The van der Waals surface area contributed by atoms with Crippen LogP contribution in [0.15, 0.2) is 30.4 Å². The minimum Gasteiger partial charge on any atom is -0.295 e. The number of ketones is 1. The second-order valence-corrected chi connectivity index (χ2v) is 4.23. The summed E-state index contributed by atoms with van der Waals surface area (Å²) >= 11 is 0. The molecule has 3 rings (SSSR count). The Bertz CT molecular complexity index is 443. The van der Waals surface area contributed by atoms with E-state index in [9.17, 15) is 4.79 Å². The van der Waals surface area contributed by atoms with Crippen molar-refractivity contribution in [1.29, 1.82) is 0 Å². The molecule has 0 radical (unpaired) electrons. The molecule has 1 aromatic rings. The largest absolute Gasteiger partial charge is 0.295 e. The molecule has 0 spiro atoms. The molecule has 1 nitrogen and oxygen atoms in total. The van der Waals surface area contributed by atoms with Crippen LogP contribution in [0.1, 0.15) is 46.7 Å². The number of hydrogen-bond acceptors (Lipinski definition) is 1. The van der Waals surface area contributed by atoms with Crippen LogP contribution in [0.4, 0.5) is 0 Å². The average Bonchev–Trinajstić information content (AvgIpc) is 2.77. The van der Waals surface area contributed by atoms with Crippen molar-refractivity contribution < 1.29 is 4.79 Å². The molecule has 2 atom stereocenters. The van der Waals surface area contributed by atoms with Crippen LogP contribution in [0.25, 0.3) is 0 Å². The maximum atomic E-state index is 11.2. The summed E-state index contributed by atoms with van der Waals surface area (Å²) in [4.78, 5) is 11.2. The molecule has 2 bridgehead atoms. The maximum Gasteiger partial charge on any atom is 0.159 e. The van der Waals surface area contributed by atoms with Gasteiger partial charge in [0.1, 0.15) is 0 Å². The molecule has 0 aromatic heterocycles. The zero-order valence-corrected chi connectivity index (χ0v) is 8.16. The minimum absolute atomic E-state index is 0.166. The predicted octanol–water partition coefficient (Wildman–Crippen LogP) is 3.03. The molecule has 0 fully saturated rings. The van der Waals surface area contributed by atoms with Crippen molar-refractivity contribution in [3.63, 3.8) is 0 Å². The standard InChI is InChI=1S/C13H12O/c1-8(14)9-4-5-12-10-2-3-11(6-10)13(12)7-9/h2-5,7,10-11H,6H2,1H3/t10-,11+/m0/s1. The molecule has 0 unspecified atom stereocenters. The van der Waals surface area contributed by atoms with Gasteiger partial charge < -0.3 is 0 Å². The van der Waals surface area contributed by atoms with E-state index in [-0.39, 0.29) is 5.78 Å². The van der Waals surface area contributed by atoms with E-state index in [1.54, 1.807) is 6.92 Å². The zero-order valence-electron chi connectivity index (χ0n) is 8.16. The molecular formula is C13H12O. The highest BCUT2D eigenvalue weighted by molar-refractivity contribution is 5.94. The van der Waals surface area contributed by atoms with Crippen LogP contribution in [0.5, 0.6) is 0 Å². The lowest BCUT2D eigenvalue weighted by molar-refractivity contribution is 0.101. The number of allylic oxidation sites excluding steroid dienone is 2. The van der Waals surface area contributed by atoms with E-state index < -0.39 is 0 Å². The summed E-state index contributed by atoms with van der Waals surface area (Å²) in [5.74, 6) is 1.37. The van der Waals surface area contributed by atoms with Gasteiger partial charge in [-0.25, -0.2) is 0 Å². The average molecular weight is 184 g/mol. The first-order valence-electron chi connectivity index (χ1n) is 5.09. The quantitative estimate of drug-likeness (QED) is 0.484. The second kappa shape index (κ2) is 2.57. The van der Waals surface area contributed by atoms with Crippen LogP contribution in [-0.4, -0.2) is 5.78 Å². The fourth-order valence-electron chi connectivity index (χ4n) is 2.61. The molecule has 0 saturated heterocycles. The van der Waals surface area contributed by atoms with Crippen molar-refractivity contribution in [2.45, 2.75) is 25.2 Å².